The third kappa shape index (κ3) is 8.17. The minimum Gasteiger partial charge on any atom is -0.493 e. The van der Waals surface area contributed by atoms with Crippen molar-refractivity contribution >= 4 is 46.7 Å². The fraction of sp³-hybridized carbons (Fsp3) is 0.259. The number of halogens is 3. The lowest BCUT2D eigenvalue weighted by Crippen LogP contribution is -2.25. The summed E-state index contributed by atoms with van der Waals surface area (Å²) in [6.07, 6.45) is 1.66. The summed E-state index contributed by atoms with van der Waals surface area (Å²) in [5, 5.41) is 12.9. The van der Waals surface area contributed by atoms with Crippen LogP contribution < -0.4 is 10.1 Å². The van der Waals surface area contributed by atoms with E-state index in [1.807, 2.05) is 30.3 Å². The molecule has 1 amide bonds. The maximum absolute atomic E-state index is 12.0. The maximum Gasteiger partial charge on any atom is 0.305 e. The SMILES string of the molecule is CC(CCc1ccc(C(=O)NCCC(=O)O)cc1)COc1ccc(-c2ccc(Cl)cc2Cl)c(Cl)c1. The van der Waals surface area contributed by atoms with Crippen LogP contribution in [-0.2, 0) is 11.2 Å². The first-order chi connectivity index (χ1) is 16.7. The number of hydrogen-bond donors (Lipinski definition) is 2. The normalized spacial score (nSPS) is 11.7. The molecule has 0 aliphatic carbocycles. The number of ether oxygens (including phenoxy) is 1. The molecule has 1 unspecified atom stereocenters. The highest BCUT2D eigenvalue weighted by Crippen LogP contribution is 2.36. The van der Waals surface area contributed by atoms with Crippen LogP contribution in [0.4, 0.5) is 0 Å². The Balaban J connectivity index is 1.47. The highest BCUT2D eigenvalue weighted by atomic mass is 35.5. The lowest BCUT2D eigenvalue weighted by atomic mass is 10.0. The van der Waals surface area contributed by atoms with E-state index >= 15 is 0 Å². The van der Waals surface area contributed by atoms with Crippen molar-refractivity contribution < 1.29 is 19.4 Å². The van der Waals surface area contributed by atoms with E-state index in [1.54, 1.807) is 30.3 Å². The first-order valence-electron chi connectivity index (χ1n) is 11.2. The zero-order chi connectivity index (χ0) is 25.4. The van der Waals surface area contributed by atoms with Crippen LogP contribution in [0.3, 0.4) is 0 Å². The second-order valence-corrected chi connectivity index (χ2v) is 9.57. The summed E-state index contributed by atoms with van der Waals surface area (Å²) in [7, 11) is 0. The van der Waals surface area contributed by atoms with Gasteiger partial charge >= 0.3 is 5.97 Å². The summed E-state index contributed by atoms with van der Waals surface area (Å²) in [6.45, 7) is 2.77. The van der Waals surface area contributed by atoms with Gasteiger partial charge in [0.25, 0.3) is 5.91 Å². The molecule has 5 nitrogen and oxygen atoms in total. The standard InChI is InChI=1S/C27H26Cl3NO4/c1-17(2-3-18-4-6-19(7-5-18)27(34)31-13-12-26(32)33)16-35-21-9-11-23(25(30)15-21)22-10-8-20(28)14-24(22)29/h4-11,14-15,17H,2-3,12-13,16H2,1H3,(H,31,34)(H,32,33). The first kappa shape index (κ1) is 26.9. The summed E-state index contributed by atoms with van der Waals surface area (Å²) in [5.74, 6) is -0.226. The minimum atomic E-state index is -0.943. The van der Waals surface area contributed by atoms with E-state index < -0.39 is 5.97 Å². The number of hydrogen-bond acceptors (Lipinski definition) is 3. The van der Waals surface area contributed by atoms with Crippen LogP contribution in [0.5, 0.6) is 5.75 Å². The molecule has 0 saturated carbocycles. The van der Waals surface area contributed by atoms with E-state index in [1.165, 1.54) is 0 Å². The molecular formula is C27H26Cl3NO4. The number of amides is 1. The largest absolute Gasteiger partial charge is 0.493 e. The molecule has 35 heavy (non-hydrogen) atoms. The van der Waals surface area contributed by atoms with Gasteiger partial charge in [-0.1, -0.05) is 59.9 Å². The van der Waals surface area contributed by atoms with E-state index in [0.29, 0.717) is 38.9 Å². The Labute approximate surface area is 220 Å². The van der Waals surface area contributed by atoms with Crippen molar-refractivity contribution in [2.24, 2.45) is 5.92 Å². The average Bonchev–Trinajstić information content (AvgIpc) is 2.82. The van der Waals surface area contributed by atoms with Crippen LogP contribution in [0.2, 0.25) is 15.1 Å². The van der Waals surface area contributed by atoms with Crippen molar-refractivity contribution in [3.05, 3.63) is 86.9 Å². The van der Waals surface area contributed by atoms with Crippen LogP contribution in [0, 0.1) is 5.92 Å². The quantitative estimate of drug-likeness (QED) is 0.273. The smallest absolute Gasteiger partial charge is 0.305 e. The van der Waals surface area contributed by atoms with Gasteiger partial charge in [0.05, 0.1) is 18.1 Å². The maximum atomic E-state index is 12.0. The van der Waals surface area contributed by atoms with Gasteiger partial charge in [0, 0.05) is 33.3 Å². The van der Waals surface area contributed by atoms with Gasteiger partial charge in [-0.3, -0.25) is 9.59 Å². The Bertz CT molecular complexity index is 1180. The van der Waals surface area contributed by atoms with E-state index in [0.717, 1.165) is 29.5 Å². The fourth-order valence-electron chi connectivity index (χ4n) is 3.45. The van der Waals surface area contributed by atoms with Gasteiger partial charge in [-0.05, 0) is 66.8 Å². The third-order valence-corrected chi connectivity index (χ3v) is 6.32. The Morgan fingerprint density at radius 1 is 0.943 bits per heavy atom. The number of rotatable bonds is 11. The molecule has 184 valence electrons. The third-order valence-electron chi connectivity index (χ3n) is 5.46. The summed E-state index contributed by atoms with van der Waals surface area (Å²) in [6, 6.07) is 18.2. The summed E-state index contributed by atoms with van der Waals surface area (Å²) < 4.78 is 5.95. The molecular weight excluding hydrogens is 509 g/mol. The second-order valence-electron chi connectivity index (χ2n) is 8.32. The van der Waals surface area contributed by atoms with Crippen molar-refractivity contribution in [1.29, 1.82) is 0 Å². The molecule has 0 bridgehead atoms. The Morgan fingerprint density at radius 2 is 1.60 bits per heavy atom. The molecule has 3 aromatic rings. The molecule has 0 heterocycles. The van der Waals surface area contributed by atoms with Crippen LogP contribution >= 0.6 is 34.8 Å². The van der Waals surface area contributed by atoms with Gasteiger partial charge in [0.15, 0.2) is 0 Å². The molecule has 0 aliphatic rings. The van der Waals surface area contributed by atoms with Crippen LogP contribution in [0.25, 0.3) is 11.1 Å². The van der Waals surface area contributed by atoms with Crippen molar-refractivity contribution in [3.63, 3.8) is 0 Å². The molecule has 0 fully saturated rings. The number of aliphatic carboxylic acids is 1. The monoisotopic (exact) mass is 533 g/mol. The van der Waals surface area contributed by atoms with Gasteiger partial charge < -0.3 is 15.2 Å². The molecule has 3 aromatic carbocycles. The molecule has 0 spiro atoms. The van der Waals surface area contributed by atoms with Crippen molar-refractivity contribution in [1.82, 2.24) is 5.32 Å². The molecule has 3 rings (SSSR count). The topological polar surface area (TPSA) is 75.6 Å². The molecule has 1 atom stereocenters. The highest BCUT2D eigenvalue weighted by molar-refractivity contribution is 6.38. The fourth-order valence-corrected chi connectivity index (χ4v) is 4.24. The van der Waals surface area contributed by atoms with Crippen molar-refractivity contribution in [2.45, 2.75) is 26.2 Å². The predicted octanol–water partition coefficient (Wildman–Crippen LogP) is 7.17. The van der Waals surface area contributed by atoms with Gasteiger partial charge in [-0.15, -0.1) is 0 Å². The number of carboxylic acids is 1. The Morgan fingerprint density at radius 3 is 2.23 bits per heavy atom. The van der Waals surface area contributed by atoms with Gasteiger partial charge in [0.1, 0.15) is 5.75 Å². The summed E-state index contributed by atoms with van der Waals surface area (Å²) >= 11 is 18.8. The van der Waals surface area contributed by atoms with Crippen molar-refractivity contribution in [3.8, 4) is 16.9 Å². The predicted molar refractivity (Wildman–Crippen MR) is 141 cm³/mol. The number of carboxylic acid groups (broad SMARTS) is 1. The number of carbonyl (C=O) groups excluding carboxylic acids is 1. The lowest BCUT2D eigenvalue weighted by molar-refractivity contribution is -0.136. The van der Waals surface area contributed by atoms with Gasteiger partial charge in [-0.25, -0.2) is 0 Å². The molecule has 8 heteroatoms. The highest BCUT2D eigenvalue weighted by Gasteiger charge is 2.11. The number of benzene rings is 3. The average molecular weight is 535 g/mol. The molecule has 0 aliphatic heterocycles. The molecule has 0 radical (unpaired) electrons. The van der Waals surface area contributed by atoms with E-state index in [9.17, 15) is 9.59 Å². The molecule has 0 aromatic heterocycles. The van der Waals surface area contributed by atoms with Crippen LogP contribution in [0.15, 0.2) is 60.7 Å². The summed E-state index contributed by atoms with van der Waals surface area (Å²) in [5.41, 5.74) is 3.25. The van der Waals surface area contributed by atoms with E-state index in [4.69, 9.17) is 44.6 Å². The zero-order valence-electron chi connectivity index (χ0n) is 19.2. The van der Waals surface area contributed by atoms with Crippen LogP contribution in [0.1, 0.15) is 35.7 Å². The first-order valence-corrected chi connectivity index (χ1v) is 12.3. The van der Waals surface area contributed by atoms with Gasteiger partial charge in [-0.2, -0.15) is 0 Å². The minimum absolute atomic E-state index is 0.100. The van der Waals surface area contributed by atoms with E-state index in [2.05, 4.69) is 12.2 Å². The van der Waals surface area contributed by atoms with Crippen molar-refractivity contribution in [2.75, 3.05) is 13.2 Å². The number of nitrogens with one attached hydrogen (secondary N) is 1. The van der Waals surface area contributed by atoms with Gasteiger partial charge in [0.2, 0.25) is 0 Å². The summed E-state index contributed by atoms with van der Waals surface area (Å²) in [4.78, 5) is 22.6. The lowest BCUT2D eigenvalue weighted by Gasteiger charge is -2.15. The second kappa shape index (κ2) is 12.8. The Hall–Kier alpha value is -2.73. The number of aryl methyl sites for hydroxylation is 1. The zero-order valence-corrected chi connectivity index (χ0v) is 21.5. The molecule has 2 N–H and O–H groups in total. The molecule has 0 saturated heterocycles. The van der Waals surface area contributed by atoms with E-state index in [-0.39, 0.29) is 18.9 Å². The van der Waals surface area contributed by atoms with Crippen LogP contribution in [-0.4, -0.2) is 30.1 Å². The Kier molecular flexibility index (Phi) is 9.84. The number of carbonyl (C=O) groups is 2.